The van der Waals surface area contributed by atoms with Crippen LogP contribution in [-0.4, -0.2) is 4.92 Å². The number of nitrogens with zero attached hydrogens (tertiary/aromatic N) is 1. The van der Waals surface area contributed by atoms with Crippen LogP contribution in [-0.2, 0) is 0 Å². The molecule has 0 saturated heterocycles. The van der Waals surface area contributed by atoms with Crippen LogP contribution in [0, 0.1) is 24.0 Å². The maximum atomic E-state index is 11.0. The van der Waals surface area contributed by atoms with Gasteiger partial charge in [0.2, 0.25) is 0 Å². The van der Waals surface area contributed by atoms with Gasteiger partial charge in [0.05, 0.1) is 11.0 Å². The average Bonchev–Trinajstić information content (AvgIpc) is 2.69. The van der Waals surface area contributed by atoms with Crippen molar-refractivity contribution in [2.45, 2.75) is 26.8 Å². The molecule has 0 aliphatic carbocycles. The third-order valence-corrected chi connectivity index (χ3v) is 3.02. The standard InChI is InChI=1S/C14H16N2O3/c1-9-8-12(11(3)19-9)10(2)15-13-6-4-5-7-14(13)16(17)18/h4-8,10,15H,1-3H3. The van der Waals surface area contributed by atoms with E-state index in [1.165, 1.54) is 6.07 Å². The Labute approximate surface area is 111 Å². The van der Waals surface area contributed by atoms with E-state index < -0.39 is 0 Å². The molecule has 0 aliphatic heterocycles. The van der Waals surface area contributed by atoms with Crippen molar-refractivity contribution in [2.24, 2.45) is 0 Å². The normalized spacial score (nSPS) is 12.2. The molecule has 5 heteroatoms. The van der Waals surface area contributed by atoms with E-state index in [1.54, 1.807) is 18.2 Å². The van der Waals surface area contributed by atoms with Crippen molar-refractivity contribution in [3.63, 3.8) is 0 Å². The summed E-state index contributed by atoms with van der Waals surface area (Å²) in [4.78, 5) is 10.6. The summed E-state index contributed by atoms with van der Waals surface area (Å²) < 4.78 is 5.48. The highest BCUT2D eigenvalue weighted by atomic mass is 16.6. The lowest BCUT2D eigenvalue weighted by Crippen LogP contribution is -2.08. The fourth-order valence-corrected chi connectivity index (χ4v) is 2.15. The second-order valence-electron chi connectivity index (χ2n) is 4.51. The van der Waals surface area contributed by atoms with Gasteiger partial charge in [0.15, 0.2) is 0 Å². The van der Waals surface area contributed by atoms with E-state index in [0.717, 1.165) is 17.1 Å². The molecule has 0 bridgehead atoms. The van der Waals surface area contributed by atoms with Crippen molar-refractivity contribution in [1.82, 2.24) is 0 Å². The van der Waals surface area contributed by atoms with Crippen molar-refractivity contribution < 1.29 is 9.34 Å². The van der Waals surface area contributed by atoms with Crippen LogP contribution in [0.1, 0.15) is 30.0 Å². The Bertz CT molecular complexity index is 604. The Kier molecular flexibility index (Phi) is 3.55. The largest absolute Gasteiger partial charge is 0.466 e. The highest BCUT2D eigenvalue weighted by Gasteiger charge is 2.17. The number of aryl methyl sites for hydroxylation is 2. The fourth-order valence-electron chi connectivity index (χ4n) is 2.15. The number of hydrogen-bond acceptors (Lipinski definition) is 4. The summed E-state index contributed by atoms with van der Waals surface area (Å²) >= 11 is 0. The predicted octanol–water partition coefficient (Wildman–Crippen LogP) is 3.98. The number of benzene rings is 1. The summed E-state index contributed by atoms with van der Waals surface area (Å²) in [5, 5.41) is 14.1. The van der Waals surface area contributed by atoms with E-state index in [-0.39, 0.29) is 16.7 Å². The Morgan fingerprint density at radius 1 is 1.32 bits per heavy atom. The smallest absolute Gasteiger partial charge is 0.292 e. The third kappa shape index (κ3) is 2.76. The molecule has 1 heterocycles. The first-order valence-corrected chi connectivity index (χ1v) is 6.06. The molecule has 0 aliphatic rings. The summed E-state index contributed by atoms with van der Waals surface area (Å²) in [5.41, 5.74) is 1.60. The van der Waals surface area contributed by atoms with E-state index >= 15 is 0 Å². The lowest BCUT2D eigenvalue weighted by molar-refractivity contribution is -0.384. The van der Waals surface area contributed by atoms with Crippen LogP contribution in [0.2, 0.25) is 0 Å². The van der Waals surface area contributed by atoms with Crippen LogP contribution in [0.15, 0.2) is 34.7 Å². The molecule has 19 heavy (non-hydrogen) atoms. The summed E-state index contributed by atoms with van der Waals surface area (Å²) in [6.45, 7) is 5.72. The van der Waals surface area contributed by atoms with Gasteiger partial charge in [-0.2, -0.15) is 0 Å². The van der Waals surface area contributed by atoms with E-state index in [9.17, 15) is 10.1 Å². The van der Waals surface area contributed by atoms with E-state index in [4.69, 9.17) is 4.42 Å². The molecule has 0 spiro atoms. The van der Waals surface area contributed by atoms with Gasteiger partial charge in [-0.25, -0.2) is 0 Å². The Hall–Kier alpha value is -2.30. The molecule has 5 nitrogen and oxygen atoms in total. The maximum Gasteiger partial charge on any atom is 0.292 e. The van der Waals surface area contributed by atoms with Crippen LogP contribution in [0.5, 0.6) is 0 Å². The number of furan rings is 1. The number of hydrogen-bond donors (Lipinski definition) is 1. The highest BCUT2D eigenvalue weighted by molar-refractivity contribution is 5.62. The minimum atomic E-state index is -0.386. The van der Waals surface area contributed by atoms with Gasteiger partial charge in [-0.15, -0.1) is 0 Å². The summed E-state index contributed by atoms with van der Waals surface area (Å²) in [6, 6.07) is 8.51. The summed E-state index contributed by atoms with van der Waals surface area (Å²) in [7, 11) is 0. The molecule has 0 fully saturated rings. The number of anilines is 1. The van der Waals surface area contributed by atoms with E-state index in [0.29, 0.717) is 5.69 Å². The van der Waals surface area contributed by atoms with Gasteiger partial charge in [0, 0.05) is 11.6 Å². The number of nitro groups is 1. The van der Waals surface area contributed by atoms with Crippen molar-refractivity contribution in [2.75, 3.05) is 5.32 Å². The van der Waals surface area contributed by atoms with Gasteiger partial charge in [-0.05, 0) is 32.9 Å². The van der Waals surface area contributed by atoms with Gasteiger partial charge >= 0.3 is 0 Å². The number of rotatable bonds is 4. The number of nitro benzene ring substituents is 1. The molecule has 2 rings (SSSR count). The summed E-state index contributed by atoms with van der Waals surface area (Å²) in [5.74, 6) is 1.67. The first kappa shape index (κ1) is 13.1. The van der Waals surface area contributed by atoms with Crippen molar-refractivity contribution >= 4 is 11.4 Å². The van der Waals surface area contributed by atoms with Gasteiger partial charge in [-0.1, -0.05) is 12.1 Å². The second kappa shape index (κ2) is 5.14. The fraction of sp³-hybridized carbons (Fsp3) is 0.286. The monoisotopic (exact) mass is 260 g/mol. The van der Waals surface area contributed by atoms with Gasteiger partial charge in [0.1, 0.15) is 17.2 Å². The van der Waals surface area contributed by atoms with Crippen molar-refractivity contribution in [1.29, 1.82) is 0 Å². The maximum absolute atomic E-state index is 11.0. The topological polar surface area (TPSA) is 68.3 Å². The summed E-state index contributed by atoms with van der Waals surface area (Å²) in [6.07, 6.45) is 0. The first-order valence-electron chi connectivity index (χ1n) is 6.06. The van der Waals surface area contributed by atoms with Crippen LogP contribution in [0.25, 0.3) is 0 Å². The Morgan fingerprint density at radius 2 is 2.00 bits per heavy atom. The molecule has 1 N–H and O–H groups in total. The first-order chi connectivity index (χ1) is 8.99. The average molecular weight is 260 g/mol. The van der Waals surface area contributed by atoms with Gasteiger partial charge in [0.25, 0.3) is 5.69 Å². The molecule has 1 unspecified atom stereocenters. The molecule has 1 aromatic carbocycles. The molecular weight excluding hydrogens is 244 g/mol. The zero-order valence-electron chi connectivity index (χ0n) is 11.1. The molecular formula is C14H16N2O3. The lowest BCUT2D eigenvalue weighted by atomic mass is 10.1. The lowest BCUT2D eigenvalue weighted by Gasteiger charge is -2.14. The SMILES string of the molecule is Cc1cc(C(C)Nc2ccccc2[N+](=O)[O-])c(C)o1. The van der Waals surface area contributed by atoms with Crippen molar-refractivity contribution in [3.05, 3.63) is 57.5 Å². The molecule has 0 saturated carbocycles. The van der Waals surface area contributed by atoms with Crippen LogP contribution in [0.4, 0.5) is 11.4 Å². The highest BCUT2D eigenvalue weighted by Crippen LogP contribution is 2.29. The molecule has 1 aromatic heterocycles. The minimum Gasteiger partial charge on any atom is -0.466 e. The van der Waals surface area contributed by atoms with Crippen molar-refractivity contribution in [3.8, 4) is 0 Å². The predicted molar refractivity (Wildman–Crippen MR) is 73.3 cm³/mol. The molecule has 0 radical (unpaired) electrons. The third-order valence-electron chi connectivity index (χ3n) is 3.02. The van der Waals surface area contributed by atoms with E-state index in [2.05, 4.69) is 5.32 Å². The number of nitrogens with one attached hydrogen (secondary N) is 1. The van der Waals surface area contributed by atoms with Crippen LogP contribution >= 0.6 is 0 Å². The molecule has 1 atom stereocenters. The van der Waals surface area contributed by atoms with Gasteiger partial charge in [-0.3, -0.25) is 10.1 Å². The van der Waals surface area contributed by atoms with Crippen LogP contribution < -0.4 is 5.32 Å². The van der Waals surface area contributed by atoms with E-state index in [1.807, 2.05) is 26.8 Å². The zero-order chi connectivity index (χ0) is 14.0. The molecule has 100 valence electrons. The van der Waals surface area contributed by atoms with Crippen LogP contribution in [0.3, 0.4) is 0 Å². The molecule has 0 amide bonds. The number of para-hydroxylation sites is 2. The molecule has 2 aromatic rings. The Balaban J connectivity index is 2.26. The minimum absolute atomic E-state index is 0.0569. The Morgan fingerprint density at radius 3 is 2.58 bits per heavy atom. The zero-order valence-corrected chi connectivity index (χ0v) is 11.1. The quantitative estimate of drug-likeness (QED) is 0.667. The second-order valence-corrected chi connectivity index (χ2v) is 4.51. The van der Waals surface area contributed by atoms with Gasteiger partial charge < -0.3 is 9.73 Å².